The lowest BCUT2D eigenvalue weighted by atomic mass is 10.3. The molecule has 0 spiro atoms. The minimum absolute atomic E-state index is 0.0400. The van der Waals surface area contributed by atoms with Gasteiger partial charge in [-0.3, -0.25) is 4.68 Å². The van der Waals surface area contributed by atoms with Gasteiger partial charge >= 0.3 is 0 Å². The molecule has 0 aromatic carbocycles. The predicted octanol–water partition coefficient (Wildman–Crippen LogP) is 2.39. The van der Waals surface area contributed by atoms with Crippen molar-refractivity contribution in [2.24, 2.45) is 0 Å². The lowest BCUT2D eigenvalue weighted by Crippen LogP contribution is -2.25. The molecule has 1 aliphatic carbocycles. The van der Waals surface area contributed by atoms with Crippen LogP contribution in [0.4, 0.5) is 0 Å². The Bertz CT molecular complexity index is 732. The van der Waals surface area contributed by atoms with Crippen molar-refractivity contribution in [3.05, 3.63) is 23.7 Å². The second kappa shape index (κ2) is 7.12. The summed E-state index contributed by atoms with van der Waals surface area (Å²) in [6.45, 7) is 0.180. The zero-order valence-corrected chi connectivity index (χ0v) is 14.4. The smallest absolute Gasteiger partial charge is 0.244 e. The third-order valence-electron chi connectivity index (χ3n) is 4.07. The Morgan fingerprint density at radius 2 is 2.17 bits per heavy atom. The van der Waals surface area contributed by atoms with Gasteiger partial charge in [0.25, 0.3) is 0 Å². The Balaban J connectivity index is 1.96. The second-order valence-electron chi connectivity index (χ2n) is 5.71. The molecule has 0 radical (unpaired) electrons. The number of nitrogens with zero attached hydrogens (tertiary/aromatic N) is 2. The number of rotatable bonds is 7. The number of hydrogen-bond donors (Lipinski definition) is 2. The first-order valence-electron chi connectivity index (χ1n) is 7.85. The van der Waals surface area contributed by atoms with Crippen molar-refractivity contribution in [2.45, 2.75) is 43.0 Å². The molecule has 0 unspecified atom stereocenters. The number of thiophene rings is 1. The molecule has 0 bridgehead atoms. The van der Waals surface area contributed by atoms with E-state index in [0.29, 0.717) is 12.1 Å². The molecule has 0 saturated heterocycles. The summed E-state index contributed by atoms with van der Waals surface area (Å²) in [4.78, 5) is 1.08. The molecule has 0 atom stereocenters. The fourth-order valence-electron chi connectivity index (χ4n) is 2.87. The first-order valence-corrected chi connectivity index (χ1v) is 10.2. The van der Waals surface area contributed by atoms with Crippen molar-refractivity contribution >= 4 is 21.4 Å². The van der Waals surface area contributed by atoms with E-state index in [2.05, 4.69) is 9.82 Å². The van der Waals surface area contributed by atoms with E-state index >= 15 is 0 Å². The summed E-state index contributed by atoms with van der Waals surface area (Å²) >= 11 is 1.48. The van der Waals surface area contributed by atoms with Crippen molar-refractivity contribution in [1.29, 1.82) is 0 Å². The SMILES string of the molecule is O=S(=O)(NCCCO)c1cn(C2CCCC2)nc1-c1cccs1. The van der Waals surface area contributed by atoms with Gasteiger partial charge in [-0.1, -0.05) is 18.9 Å². The zero-order chi connectivity index (χ0) is 16.3. The quantitative estimate of drug-likeness (QED) is 0.747. The van der Waals surface area contributed by atoms with Gasteiger partial charge in [0, 0.05) is 19.3 Å². The Kier molecular flexibility index (Phi) is 5.15. The summed E-state index contributed by atoms with van der Waals surface area (Å²) in [5, 5.41) is 15.3. The van der Waals surface area contributed by atoms with Crippen LogP contribution in [-0.2, 0) is 10.0 Å². The van der Waals surface area contributed by atoms with E-state index < -0.39 is 10.0 Å². The first kappa shape index (κ1) is 16.6. The molecule has 23 heavy (non-hydrogen) atoms. The summed E-state index contributed by atoms with van der Waals surface area (Å²) in [6.07, 6.45) is 6.47. The van der Waals surface area contributed by atoms with Crippen molar-refractivity contribution in [3.8, 4) is 10.6 Å². The van der Waals surface area contributed by atoms with Gasteiger partial charge in [0.05, 0.1) is 10.9 Å². The molecule has 6 nitrogen and oxygen atoms in total. The number of aliphatic hydroxyl groups is 1. The minimum Gasteiger partial charge on any atom is -0.396 e. The fraction of sp³-hybridized carbons (Fsp3) is 0.533. The Labute approximate surface area is 140 Å². The fourth-order valence-corrected chi connectivity index (χ4v) is 4.88. The molecule has 2 aromatic heterocycles. The highest BCUT2D eigenvalue weighted by Crippen LogP contribution is 2.34. The number of aromatic nitrogens is 2. The number of aliphatic hydroxyl groups excluding tert-OH is 1. The lowest BCUT2D eigenvalue weighted by molar-refractivity contribution is 0.289. The van der Waals surface area contributed by atoms with Crippen LogP contribution in [-0.4, -0.2) is 36.5 Å². The molecule has 1 fully saturated rings. The number of nitrogens with one attached hydrogen (secondary N) is 1. The van der Waals surface area contributed by atoms with Crippen LogP contribution in [0.15, 0.2) is 28.6 Å². The van der Waals surface area contributed by atoms with Crippen LogP contribution in [0.5, 0.6) is 0 Å². The van der Waals surface area contributed by atoms with Crippen LogP contribution in [0.2, 0.25) is 0 Å². The lowest BCUT2D eigenvalue weighted by Gasteiger charge is -2.08. The molecular formula is C15H21N3O3S2. The van der Waals surface area contributed by atoms with Crippen molar-refractivity contribution in [3.63, 3.8) is 0 Å². The average molecular weight is 355 g/mol. The largest absolute Gasteiger partial charge is 0.396 e. The van der Waals surface area contributed by atoms with Crippen LogP contribution < -0.4 is 4.72 Å². The Hall–Kier alpha value is -1.22. The van der Waals surface area contributed by atoms with E-state index in [9.17, 15) is 8.42 Å². The molecule has 2 heterocycles. The highest BCUT2D eigenvalue weighted by atomic mass is 32.2. The molecular weight excluding hydrogens is 334 g/mol. The molecule has 2 aromatic rings. The van der Waals surface area contributed by atoms with Gasteiger partial charge in [-0.15, -0.1) is 11.3 Å². The van der Waals surface area contributed by atoms with Gasteiger partial charge in [-0.2, -0.15) is 5.10 Å². The van der Waals surface area contributed by atoms with E-state index in [0.717, 1.165) is 30.6 Å². The van der Waals surface area contributed by atoms with Crippen LogP contribution in [0.3, 0.4) is 0 Å². The molecule has 0 amide bonds. The van der Waals surface area contributed by atoms with Gasteiger partial charge in [0.15, 0.2) is 0 Å². The Morgan fingerprint density at radius 3 is 2.83 bits per heavy atom. The third kappa shape index (κ3) is 3.65. The standard InChI is InChI=1S/C15H21N3O3S2/c19-9-4-8-16-23(20,21)14-11-18(12-5-1-2-6-12)17-15(14)13-7-3-10-22-13/h3,7,10-12,16,19H,1-2,4-6,8-9H2. The third-order valence-corrected chi connectivity index (χ3v) is 6.41. The van der Waals surface area contributed by atoms with Gasteiger partial charge in [-0.25, -0.2) is 13.1 Å². The monoisotopic (exact) mass is 355 g/mol. The molecule has 126 valence electrons. The maximum absolute atomic E-state index is 12.6. The van der Waals surface area contributed by atoms with E-state index in [-0.39, 0.29) is 24.1 Å². The first-order chi connectivity index (χ1) is 11.1. The number of hydrogen-bond acceptors (Lipinski definition) is 5. The van der Waals surface area contributed by atoms with Crippen molar-refractivity contribution < 1.29 is 13.5 Å². The zero-order valence-electron chi connectivity index (χ0n) is 12.8. The van der Waals surface area contributed by atoms with Crippen LogP contribution in [0.1, 0.15) is 38.1 Å². The molecule has 1 aliphatic rings. The van der Waals surface area contributed by atoms with Gasteiger partial charge < -0.3 is 5.11 Å². The predicted molar refractivity (Wildman–Crippen MR) is 89.9 cm³/mol. The van der Waals surface area contributed by atoms with Crippen molar-refractivity contribution in [1.82, 2.24) is 14.5 Å². The second-order valence-corrected chi connectivity index (χ2v) is 8.40. The van der Waals surface area contributed by atoms with Crippen LogP contribution >= 0.6 is 11.3 Å². The molecule has 8 heteroatoms. The van der Waals surface area contributed by atoms with E-state index in [1.807, 2.05) is 22.2 Å². The van der Waals surface area contributed by atoms with E-state index in [4.69, 9.17) is 5.11 Å². The molecule has 0 aliphatic heterocycles. The normalized spacial score (nSPS) is 16.2. The summed E-state index contributed by atoms with van der Waals surface area (Å²) in [5.41, 5.74) is 0.517. The van der Waals surface area contributed by atoms with Gasteiger partial charge in [0.1, 0.15) is 10.6 Å². The molecule has 2 N–H and O–H groups in total. The van der Waals surface area contributed by atoms with Gasteiger partial charge in [0.2, 0.25) is 10.0 Å². The van der Waals surface area contributed by atoms with Gasteiger partial charge in [-0.05, 0) is 30.7 Å². The summed E-state index contributed by atoms with van der Waals surface area (Å²) in [7, 11) is -3.64. The van der Waals surface area contributed by atoms with E-state index in [1.165, 1.54) is 11.3 Å². The van der Waals surface area contributed by atoms with Crippen LogP contribution in [0.25, 0.3) is 10.6 Å². The summed E-state index contributed by atoms with van der Waals surface area (Å²) in [6, 6.07) is 4.07. The van der Waals surface area contributed by atoms with Crippen LogP contribution in [0, 0.1) is 0 Å². The summed E-state index contributed by atoms with van der Waals surface area (Å²) < 4.78 is 29.6. The highest BCUT2D eigenvalue weighted by Gasteiger charge is 2.27. The molecule has 3 rings (SSSR count). The van der Waals surface area contributed by atoms with E-state index in [1.54, 1.807) is 6.20 Å². The maximum atomic E-state index is 12.6. The highest BCUT2D eigenvalue weighted by molar-refractivity contribution is 7.89. The maximum Gasteiger partial charge on any atom is 0.244 e. The summed E-state index contributed by atoms with van der Waals surface area (Å²) in [5.74, 6) is 0. The van der Waals surface area contributed by atoms with Crippen molar-refractivity contribution in [2.75, 3.05) is 13.2 Å². The Morgan fingerprint density at radius 1 is 1.39 bits per heavy atom. The topological polar surface area (TPSA) is 84.2 Å². The minimum atomic E-state index is -3.64. The number of sulfonamides is 1. The molecule has 1 saturated carbocycles. The average Bonchev–Trinajstić information content (AvgIpc) is 3.26.